The third-order valence-electron chi connectivity index (χ3n) is 2.60. The second-order valence-electron chi connectivity index (χ2n) is 3.98. The first-order valence-electron chi connectivity index (χ1n) is 5.83. The highest BCUT2D eigenvalue weighted by molar-refractivity contribution is 5.96. The van der Waals surface area contributed by atoms with E-state index in [1.54, 1.807) is 24.3 Å². The molecule has 0 unspecified atom stereocenters. The van der Waals surface area contributed by atoms with Gasteiger partial charge in [-0.3, -0.25) is 4.79 Å². The molecule has 0 atom stereocenters. The Morgan fingerprint density at radius 2 is 1.83 bits per heavy atom. The lowest BCUT2D eigenvalue weighted by molar-refractivity contribution is 0.0986. The van der Waals surface area contributed by atoms with Crippen LogP contribution in [0.3, 0.4) is 0 Å². The van der Waals surface area contributed by atoms with Gasteiger partial charge < -0.3 is 5.32 Å². The Balaban J connectivity index is 1.84. The summed E-state index contributed by atoms with van der Waals surface area (Å²) in [5.74, 6) is -0.200. The van der Waals surface area contributed by atoms with Crippen molar-refractivity contribution in [2.45, 2.75) is 6.42 Å². The van der Waals surface area contributed by atoms with Gasteiger partial charge in [-0.15, -0.1) is 0 Å². The maximum Gasteiger partial charge on any atom is 0.164 e. The topological polar surface area (TPSA) is 29.1 Å². The molecule has 0 spiro atoms. The summed E-state index contributed by atoms with van der Waals surface area (Å²) in [5.41, 5.74) is 1.40. The van der Waals surface area contributed by atoms with E-state index in [0.29, 0.717) is 24.2 Å². The van der Waals surface area contributed by atoms with Gasteiger partial charge >= 0.3 is 0 Å². The van der Waals surface area contributed by atoms with E-state index in [9.17, 15) is 9.18 Å². The molecule has 0 fully saturated rings. The fourth-order valence-electron chi connectivity index (χ4n) is 1.69. The maximum atomic E-state index is 12.9. The summed E-state index contributed by atoms with van der Waals surface area (Å²) in [6.07, 6.45) is 0.389. The van der Waals surface area contributed by atoms with Gasteiger partial charge in [-0.05, 0) is 18.2 Å². The van der Waals surface area contributed by atoms with Crippen LogP contribution in [0.15, 0.2) is 54.6 Å². The van der Waals surface area contributed by atoms with E-state index < -0.39 is 0 Å². The highest BCUT2D eigenvalue weighted by Crippen LogP contribution is 2.09. The molecule has 2 rings (SSSR count). The Bertz CT molecular complexity index is 525. The van der Waals surface area contributed by atoms with Crippen molar-refractivity contribution in [3.05, 3.63) is 66.0 Å². The van der Waals surface area contributed by atoms with Crippen molar-refractivity contribution in [2.75, 3.05) is 11.9 Å². The minimum atomic E-state index is -0.283. The van der Waals surface area contributed by atoms with Crippen molar-refractivity contribution in [1.29, 1.82) is 0 Å². The van der Waals surface area contributed by atoms with E-state index in [2.05, 4.69) is 5.32 Å². The fourth-order valence-corrected chi connectivity index (χ4v) is 1.69. The molecule has 0 aliphatic rings. The number of ketones is 1. The SMILES string of the molecule is O=C(CCNc1cccc(F)c1)c1ccccc1. The number of rotatable bonds is 5. The van der Waals surface area contributed by atoms with Gasteiger partial charge in [0.25, 0.3) is 0 Å². The Hall–Kier alpha value is -2.16. The number of hydrogen-bond acceptors (Lipinski definition) is 2. The van der Waals surface area contributed by atoms with E-state index in [4.69, 9.17) is 0 Å². The average molecular weight is 243 g/mol. The van der Waals surface area contributed by atoms with Crippen LogP contribution >= 0.6 is 0 Å². The molecule has 0 aliphatic carbocycles. The second-order valence-corrected chi connectivity index (χ2v) is 3.98. The monoisotopic (exact) mass is 243 g/mol. The zero-order valence-electron chi connectivity index (χ0n) is 9.90. The van der Waals surface area contributed by atoms with Gasteiger partial charge in [-0.2, -0.15) is 0 Å². The summed E-state index contributed by atoms with van der Waals surface area (Å²) in [6.45, 7) is 0.497. The van der Waals surface area contributed by atoms with Gasteiger partial charge in [0.2, 0.25) is 0 Å². The van der Waals surface area contributed by atoms with E-state index in [0.717, 1.165) is 0 Å². The molecule has 2 nitrogen and oxygen atoms in total. The zero-order chi connectivity index (χ0) is 12.8. The first-order chi connectivity index (χ1) is 8.75. The molecule has 0 heterocycles. The third-order valence-corrected chi connectivity index (χ3v) is 2.60. The van der Waals surface area contributed by atoms with E-state index >= 15 is 0 Å². The van der Waals surface area contributed by atoms with Crippen LogP contribution in [0.4, 0.5) is 10.1 Å². The van der Waals surface area contributed by atoms with Gasteiger partial charge in [0.05, 0.1) is 0 Å². The number of halogens is 1. The normalized spacial score (nSPS) is 10.1. The third kappa shape index (κ3) is 3.42. The molecule has 0 saturated carbocycles. The van der Waals surface area contributed by atoms with E-state index in [-0.39, 0.29) is 11.6 Å². The van der Waals surface area contributed by atoms with Gasteiger partial charge in [0.15, 0.2) is 5.78 Å². The molecule has 0 bridgehead atoms. The lowest BCUT2D eigenvalue weighted by Gasteiger charge is -2.05. The smallest absolute Gasteiger partial charge is 0.164 e. The van der Waals surface area contributed by atoms with Crippen LogP contribution in [0.2, 0.25) is 0 Å². The van der Waals surface area contributed by atoms with Crippen LogP contribution in [-0.4, -0.2) is 12.3 Å². The van der Waals surface area contributed by atoms with Crippen LogP contribution in [0.25, 0.3) is 0 Å². The maximum absolute atomic E-state index is 12.9. The fraction of sp³-hybridized carbons (Fsp3) is 0.133. The van der Waals surface area contributed by atoms with Crippen LogP contribution < -0.4 is 5.32 Å². The van der Waals surface area contributed by atoms with Crippen molar-refractivity contribution < 1.29 is 9.18 Å². The van der Waals surface area contributed by atoms with Crippen molar-refractivity contribution >= 4 is 11.5 Å². The van der Waals surface area contributed by atoms with Gasteiger partial charge in [-0.1, -0.05) is 36.4 Å². The minimum absolute atomic E-state index is 0.0829. The van der Waals surface area contributed by atoms with Crippen LogP contribution in [-0.2, 0) is 0 Å². The number of hydrogen-bond donors (Lipinski definition) is 1. The van der Waals surface area contributed by atoms with Crippen LogP contribution in [0.1, 0.15) is 16.8 Å². The molecule has 2 aromatic rings. The predicted octanol–water partition coefficient (Wildman–Crippen LogP) is 3.51. The minimum Gasteiger partial charge on any atom is -0.385 e. The highest BCUT2D eigenvalue weighted by atomic mass is 19.1. The lowest BCUT2D eigenvalue weighted by atomic mass is 10.1. The summed E-state index contributed by atoms with van der Waals surface area (Å²) < 4.78 is 12.9. The summed E-state index contributed by atoms with van der Waals surface area (Å²) >= 11 is 0. The van der Waals surface area contributed by atoms with Gasteiger partial charge in [-0.25, -0.2) is 4.39 Å². The Kier molecular flexibility index (Phi) is 4.07. The van der Waals surface area contributed by atoms with Gasteiger partial charge in [0.1, 0.15) is 5.82 Å². The first-order valence-corrected chi connectivity index (χ1v) is 5.83. The number of Topliss-reactive ketones (excluding diaryl/α,β-unsaturated/α-hetero) is 1. The second kappa shape index (κ2) is 5.96. The average Bonchev–Trinajstić information content (AvgIpc) is 2.40. The molecule has 2 aromatic carbocycles. The highest BCUT2D eigenvalue weighted by Gasteiger charge is 2.04. The molecule has 0 radical (unpaired) electrons. The number of anilines is 1. The Labute approximate surface area is 105 Å². The molecule has 18 heavy (non-hydrogen) atoms. The predicted molar refractivity (Wildman–Crippen MR) is 70.3 cm³/mol. The molecule has 0 amide bonds. The lowest BCUT2D eigenvalue weighted by Crippen LogP contribution is -2.08. The summed E-state index contributed by atoms with van der Waals surface area (Å²) in [5, 5.41) is 3.03. The molecule has 92 valence electrons. The number of benzene rings is 2. The number of carbonyl (C=O) groups is 1. The van der Waals surface area contributed by atoms with Gasteiger partial charge in [0, 0.05) is 24.2 Å². The molecule has 1 N–H and O–H groups in total. The number of carbonyl (C=O) groups excluding carboxylic acids is 1. The van der Waals surface area contributed by atoms with E-state index in [1.807, 2.05) is 18.2 Å². The molecule has 3 heteroatoms. The van der Waals surface area contributed by atoms with Crippen molar-refractivity contribution in [3.8, 4) is 0 Å². The van der Waals surface area contributed by atoms with Crippen molar-refractivity contribution in [1.82, 2.24) is 0 Å². The molecular weight excluding hydrogens is 229 g/mol. The Morgan fingerprint density at radius 1 is 1.06 bits per heavy atom. The number of nitrogens with one attached hydrogen (secondary N) is 1. The van der Waals surface area contributed by atoms with Crippen LogP contribution in [0, 0.1) is 5.82 Å². The van der Waals surface area contributed by atoms with Crippen LogP contribution in [0.5, 0.6) is 0 Å². The Morgan fingerprint density at radius 3 is 2.56 bits per heavy atom. The van der Waals surface area contributed by atoms with Crippen molar-refractivity contribution in [2.24, 2.45) is 0 Å². The molecular formula is C15H14FNO. The summed E-state index contributed by atoms with van der Waals surface area (Å²) in [6, 6.07) is 15.4. The first kappa shape index (κ1) is 12.3. The summed E-state index contributed by atoms with van der Waals surface area (Å²) in [7, 11) is 0. The summed E-state index contributed by atoms with van der Waals surface area (Å²) in [4.78, 5) is 11.8. The zero-order valence-corrected chi connectivity index (χ0v) is 9.90. The standard InChI is InChI=1S/C15H14FNO/c16-13-7-4-8-14(11-13)17-10-9-15(18)12-5-2-1-3-6-12/h1-8,11,17H,9-10H2. The van der Waals surface area contributed by atoms with E-state index in [1.165, 1.54) is 12.1 Å². The molecule has 0 saturated heterocycles. The largest absolute Gasteiger partial charge is 0.385 e. The molecule has 0 aromatic heterocycles. The van der Waals surface area contributed by atoms with Crippen molar-refractivity contribution in [3.63, 3.8) is 0 Å². The quantitative estimate of drug-likeness (QED) is 0.814. The molecule has 0 aliphatic heterocycles.